The minimum atomic E-state index is -1.70. The summed E-state index contributed by atoms with van der Waals surface area (Å²) in [4.78, 5) is 14.1. The molecule has 0 aliphatic heterocycles. The van der Waals surface area contributed by atoms with Crippen molar-refractivity contribution in [3.63, 3.8) is 0 Å². The predicted octanol–water partition coefficient (Wildman–Crippen LogP) is 1.21. The van der Waals surface area contributed by atoms with Crippen molar-refractivity contribution >= 4 is 5.91 Å². The molecule has 0 bridgehead atoms. The Morgan fingerprint density at radius 1 is 0.833 bits per heavy atom. The van der Waals surface area contributed by atoms with Crippen molar-refractivity contribution in [3.8, 4) is 0 Å². The highest BCUT2D eigenvalue weighted by Crippen LogP contribution is 2.13. The van der Waals surface area contributed by atoms with Gasteiger partial charge in [-0.3, -0.25) is 4.79 Å². The number of aliphatic hydroxyl groups excluding tert-OH is 5. The first-order valence-electron chi connectivity index (χ1n) is 11.5. The van der Waals surface area contributed by atoms with Crippen molar-refractivity contribution in [2.75, 3.05) is 33.4 Å². The smallest absolute Gasteiger partial charge is 0.222 e. The zero-order valence-electron chi connectivity index (χ0n) is 18.9. The molecule has 0 spiro atoms. The molecule has 4 atom stereocenters. The molecule has 0 saturated heterocycles. The number of carbonyl (C=O) groups is 1. The number of amides is 1. The second kappa shape index (κ2) is 19.0. The summed E-state index contributed by atoms with van der Waals surface area (Å²) in [7, 11) is 1.57. The van der Waals surface area contributed by atoms with Crippen molar-refractivity contribution in [2.45, 2.75) is 102 Å². The van der Waals surface area contributed by atoms with E-state index < -0.39 is 31.0 Å². The molecular formula is C22H45NO7. The molecule has 5 N–H and O–H groups in total. The largest absolute Gasteiger partial charge is 0.394 e. The summed E-state index contributed by atoms with van der Waals surface area (Å²) in [6, 6.07) is 0. The van der Waals surface area contributed by atoms with Gasteiger partial charge < -0.3 is 35.2 Å². The zero-order chi connectivity index (χ0) is 22.8. The third kappa shape index (κ3) is 13.5. The van der Waals surface area contributed by atoms with Crippen molar-refractivity contribution < 1.29 is 35.1 Å². The number of rotatable bonds is 20. The van der Waals surface area contributed by atoms with Crippen molar-refractivity contribution in [1.82, 2.24) is 4.90 Å². The van der Waals surface area contributed by atoms with Gasteiger partial charge in [-0.25, -0.2) is 0 Å². The summed E-state index contributed by atoms with van der Waals surface area (Å²) in [6.45, 7) is 2.14. The van der Waals surface area contributed by atoms with Crippen molar-refractivity contribution in [2.24, 2.45) is 0 Å². The van der Waals surface area contributed by atoms with Gasteiger partial charge >= 0.3 is 0 Å². The van der Waals surface area contributed by atoms with E-state index in [0.29, 0.717) is 26.0 Å². The van der Waals surface area contributed by atoms with Crippen LogP contribution in [0.25, 0.3) is 0 Å². The molecule has 0 aromatic rings. The molecule has 0 heterocycles. The van der Waals surface area contributed by atoms with Crippen molar-refractivity contribution in [1.29, 1.82) is 0 Å². The van der Waals surface area contributed by atoms with Gasteiger partial charge in [-0.1, -0.05) is 58.3 Å². The SMILES string of the molecule is CCCCCCCCCCCC(=O)N(CCCOC)C[C@@H](O)[C@@H](O)[C@@H](O)[C@H](O)CO. The molecule has 0 radical (unpaired) electrons. The fourth-order valence-corrected chi connectivity index (χ4v) is 3.36. The van der Waals surface area contributed by atoms with E-state index in [1.165, 1.54) is 43.4 Å². The zero-order valence-corrected chi connectivity index (χ0v) is 18.9. The highest BCUT2D eigenvalue weighted by molar-refractivity contribution is 5.76. The molecule has 0 aromatic heterocycles. The van der Waals surface area contributed by atoms with Crippen LogP contribution >= 0.6 is 0 Å². The molecule has 8 nitrogen and oxygen atoms in total. The number of carbonyl (C=O) groups excluding carboxylic acids is 1. The Kier molecular flexibility index (Phi) is 18.5. The quantitative estimate of drug-likeness (QED) is 0.182. The maximum absolute atomic E-state index is 12.6. The van der Waals surface area contributed by atoms with E-state index in [1.807, 2.05) is 0 Å². The predicted molar refractivity (Wildman–Crippen MR) is 116 cm³/mol. The molecule has 30 heavy (non-hydrogen) atoms. The monoisotopic (exact) mass is 435 g/mol. The molecule has 0 aliphatic rings. The summed E-state index contributed by atoms with van der Waals surface area (Å²) in [6.07, 6.45) is 5.00. The van der Waals surface area contributed by atoms with E-state index in [4.69, 9.17) is 9.84 Å². The van der Waals surface area contributed by atoms with Crippen LogP contribution in [0.2, 0.25) is 0 Å². The third-order valence-corrected chi connectivity index (χ3v) is 5.36. The molecule has 180 valence electrons. The topological polar surface area (TPSA) is 131 Å². The molecule has 0 aliphatic carbocycles. The molecule has 0 aromatic carbocycles. The summed E-state index contributed by atoms with van der Waals surface area (Å²) < 4.78 is 5.02. The minimum absolute atomic E-state index is 0.113. The van der Waals surface area contributed by atoms with Crippen LogP contribution in [0, 0.1) is 0 Å². The standard InChI is InChI=1S/C22H45NO7/c1-3-4-5-6-7-8-9-10-11-13-20(27)23(14-12-15-30-2)16-18(25)21(28)22(29)19(26)17-24/h18-19,21-22,24-26,28-29H,3-17H2,1-2H3/t18-,19-,21-,22+/m1/s1. The summed E-state index contributed by atoms with van der Waals surface area (Å²) >= 11 is 0. The van der Waals surface area contributed by atoms with Crippen LogP contribution < -0.4 is 0 Å². The molecule has 1 amide bonds. The third-order valence-electron chi connectivity index (χ3n) is 5.36. The van der Waals surface area contributed by atoms with E-state index in [2.05, 4.69) is 6.92 Å². The van der Waals surface area contributed by atoms with E-state index in [0.717, 1.165) is 19.3 Å². The lowest BCUT2D eigenvalue weighted by molar-refractivity contribution is -0.140. The number of hydrogen-bond donors (Lipinski definition) is 5. The van der Waals surface area contributed by atoms with Gasteiger partial charge in [0, 0.05) is 33.2 Å². The minimum Gasteiger partial charge on any atom is -0.394 e. The molecule has 0 rings (SSSR count). The van der Waals surface area contributed by atoms with Crippen LogP contribution in [-0.4, -0.2) is 94.2 Å². The Morgan fingerprint density at radius 2 is 1.37 bits per heavy atom. The van der Waals surface area contributed by atoms with Gasteiger partial charge in [0.2, 0.25) is 5.91 Å². The number of methoxy groups -OCH3 is 1. The first kappa shape index (κ1) is 29.2. The lowest BCUT2D eigenvalue weighted by atomic mass is 10.0. The van der Waals surface area contributed by atoms with E-state index in [1.54, 1.807) is 7.11 Å². The van der Waals surface area contributed by atoms with Crippen molar-refractivity contribution in [3.05, 3.63) is 0 Å². The van der Waals surface area contributed by atoms with Gasteiger partial charge in [0.05, 0.1) is 6.61 Å². The number of nitrogens with zero attached hydrogens (tertiary/aromatic N) is 1. The van der Waals surface area contributed by atoms with Gasteiger partial charge in [-0.05, 0) is 12.8 Å². The molecule has 0 saturated carbocycles. The number of ether oxygens (including phenoxy) is 1. The maximum Gasteiger partial charge on any atom is 0.222 e. The fraction of sp³-hybridized carbons (Fsp3) is 0.955. The van der Waals surface area contributed by atoms with E-state index in [9.17, 15) is 25.2 Å². The van der Waals surface area contributed by atoms with Gasteiger partial charge in [-0.15, -0.1) is 0 Å². The Balaban J connectivity index is 4.39. The van der Waals surface area contributed by atoms with Gasteiger partial charge in [0.15, 0.2) is 0 Å². The highest BCUT2D eigenvalue weighted by Gasteiger charge is 2.31. The number of hydrogen-bond acceptors (Lipinski definition) is 7. The van der Waals surface area contributed by atoms with Crippen LogP contribution in [-0.2, 0) is 9.53 Å². The lowest BCUT2D eigenvalue weighted by Gasteiger charge is -2.30. The molecule has 0 fully saturated rings. The van der Waals surface area contributed by atoms with Crippen LogP contribution in [0.4, 0.5) is 0 Å². The molecule has 8 heteroatoms. The van der Waals surface area contributed by atoms with Gasteiger partial charge in [-0.2, -0.15) is 0 Å². The van der Waals surface area contributed by atoms with Crippen LogP contribution in [0.15, 0.2) is 0 Å². The number of aliphatic hydroxyl groups is 5. The summed E-state index contributed by atoms with van der Waals surface area (Å²) in [5, 5.41) is 48.3. The summed E-state index contributed by atoms with van der Waals surface area (Å²) in [5.41, 5.74) is 0. The Labute approximate surface area is 181 Å². The first-order valence-corrected chi connectivity index (χ1v) is 11.5. The average molecular weight is 436 g/mol. The molecular weight excluding hydrogens is 390 g/mol. The second-order valence-electron chi connectivity index (χ2n) is 8.06. The fourth-order valence-electron chi connectivity index (χ4n) is 3.36. The normalized spacial score (nSPS) is 15.6. The lowest BCUT2D eigenvalue weighted by Crippen LogP contribution is -2.50. The number of unbranched alkanes of at least 4 members (excludes halogenated alkanes) is 8. The second-order valence-corrected chi connectivity index (χ2v) is 8.06. The Morgan fingerprint density at radius 3 is 1.90 bits per heavy atom. The Bertz CT molecular complexity index is 411. The van der Waals surface area contributed by atoms with Crippen LogP contribution in [0.1, 0.15) is 77.6 Å². The van der Waals surface area contributed by atoms with Crippen LogP contribution in [0.5, 0.6) is 0 Å². The Hall–Kier alpha value is -0.770. The van der Waals surface area contributed by atoms with Crippen LogP contribution in [0.3, 0.4) is 0 Å². The van der Waals surface area contributed by atoms with E-state index >= 15 is 0 Å². The maximum atomic E-state index is 12.6. The van der Waals surface area contributed by atoms with Gasteiger partial charge in [0.25, 0.3) is 0 Å². The molecule has 0 unspecified atom stereocenters. The highest BCUT2D eigenvalue weighted by atomic mass is 16.5. The summed E-state index contributed by atoms with van der Waals surface area (Å²) in [5.74, 6) is -0.113. The average Bonchev–Trinajstić information content (AvgIpc) is 2.75. The first-order chi connectivity index (χ1) is 14.4. The van der Waals surface area contributed by atoms with Gasteiger partial charge in [0.1, 0.15) is 24.4 Å². The van der Waals surface area contributed by atoms with E-state index in [-0.39, 0.29) is 12.5 Å².